The molecule has 6 aromatic rings. The summed E-state index contributed by atoms with van der Waals surface area (Å²) < 4.78 is 69.4. The number of amides is 4. The number of methoxy groups -OCH3 is 2. The van der Waals surface area contributed by atoms with E-state index in [1.165, 1.54) is 47.6 Å². The standard InChI is InChI=1S/C68H82N10O20S2/c1-38-43(41-14-17-51(74-53(41)60(85)86)77-21-19-40-44(29-77)42(13-16-48(40)94-5)58(83)75-63-73-46-10-6-7-11-50(46)99-63)28-71-78(38)37-67-32-65(2)31-66(3,33-67)35-68(34-65,36-67)96-26-23-76(22-25-93-4)64(89)95-24-8-9-39-12-15-49(97-62-56(82)54(80)55(81)57(98-62)61(87)88)47(27-39)72-52(79)18-20-70-59(84)45(69)30-100(90,91)92/h6-17,27-28,45,54-57,62,80-82H,18-26,29-37,69H2,1-5H3,(H,70,84)(H,72,79)(H,85,86)(H,87,88)(H,73,75,83)(H,90,91,92)/t45?,54-,55-,56+,57-,62+,65?,66?,67?,68?/m0/s1. The zero-order valence-electron chi connectivity index (χ0n) is 55.8. The zero-order chi connectivity index (χ0) is 71.6. The fourth-order valence-electron chi connectivity index (χ4n) is 16.0. The number of benzene rings is 3. The number of hydrogen-bond donors (Lipinski definition) is 10. The molecular weight excluding hydrogens is 1340 g/mol. The number of aromatic carboxylic acids is 1. The number of rotatable bonds is 28. The lowest BCUT2D eigenvalue weighted by Crippen LogP contribution is -2.64. The Labute approximate surface area is 579 Å². The van der Waals surface area contributed by atoms with Gasteiger partial charge in [0, 0.05) is 80.7 Å². The highest BCUT2D eigenvalue weighted by Gasteiger charge is 2.66. The Morgan fingerprint density at radius 3 is 2.32 bits per heavy atom. The summed E-state index contributed by atoms with van der Waals surface area (Å²) in [6.07, 6.45) is -0.310. The van der Waals surface area contributed by atoms with Crippen LogP contribution in [0.5, 0.6) is 11.5 Å². The first-order valence-electron chi connectivity index (χ1n) is 32.6. The number of nitrogens with zero attached hydrogens (tertiary/aromatic N) is 6. The number of hydrogen-bond acceptors (Lipinski definition) is 23. The van der Waals surface area contributed by atoms with Crippen LogP contribution in [-0.4, -0.2) is 207 Å². The van der Waals surface area contributed by atoms with E-state index >= 15 is 0 Å². The first-order valence-corrected chi connectivity index (χ1v) is 35.0. The van der Waals surface area contributed by atoms with Gasteiger partial charge in [-0.2, -0.15) is 13.5 Å². The van der Waals surface area contributed by atoms with Crippen molar-refractivity contribution >= 4 is 90.1 Å². The van der Waals surface area contributed by atoms with Crippen LogP contribution in [0.4, 0.5) is 21.4 Å². The summed E-state index contributed by atoms with van der Waals surface area (Å²) in [5, 5.41) is 65.0. The molecular formula is C68H82N10O20S2. The van der Waals surface area contributed by atoms with E-state index in [-0.39, 0.29) is 85.3 Å². The largest absolute Gasteiger partial charge is 0.496 e. The highest BCUT2D eigenvalue weighted by atomic mass is 32.2. The van der Waals surface area contributed by atoms with Crippen molar-refractivity contribution in [2.45, 2.75) is 128 Å². The molecule has 5 fully saturated rings. The van der Waals surface area contributed by atoms with Gasteiger partial charge in [0.05, 0.1) is 53.8 Å². The molecule has 3 aromatic carbocycles. The Morgan fingerprint density at radius 2 is 1.61 bits per heavy atom. The molecule has 4 bridgehead atoms. The lowest BCUT2D eigenvalue weighted by molar-refractivity contribution is -0.271. The molecule has 30 nitrogen and oxygen atoms in total. The van der Waals surface area contributed by atoms with Crippen LogP contribution in [-0.2, 0) is 63.0 Å². The van der Waals surface area contributed by atoms with Crippen LogP contribution in [0.3, 0.4) is 0 Å². The molecule has 4 aliphatic carbocycles. The van der Waals surface area contributed by atoms with Gasteiger partial charge in [-0.05, 0) is 134 Å². The SMILES string of the molecule is COCCN(CCOC12CC3(C)CC(C)(CC(Cn4ncc(-c5ccc(N6CCc7c(OC)ccc(C(=O)Nc8nc9ccccc9s8)c7C6)nc5C(=O)O)c4C)(C3)C1)C2)C(=O)OCC=Cc1ccc(O[C@@H]2O[C@H](C(=O)O)[C@@H](O)[C@H](O)[C@H]2O)c(NC(=O)CCNC(=O)C(N)CS(=O)(=O)O)c1. The van der Waals surface area contributed by atoms with E-state index in [0.717, 1.165) is 65.6 Å². The first kappa shape index (κ1) is 72.5. The van der Waals surface area contributed by atoms with Gasteiger partial charge in [0.15, 0.2) is 16.9 Å². The molecule has 32 heteroatoms. The molecule has 3 unspecified atom stereocenters. The van der Waals surface area contributed by atoms with E-state index in [1.54, 1.807) is 37.6 Å². The molecule has 100 heavy (non-hydrogen) atoms. The van der Waals surface area contributed by atoms with Gasteiger partial charge in [0.1, 0.15) is 48.3 Å². The van der Waals surface area contributed by atoms with Gasteiger partial charge in [-0.3, -0.25) is 28.9 Å². The fourth-order valence-corrected chi connectivity index (χ4v) is 17.5. The number of nitrogens with two attached hydrogens (primary N) is 1. The minimum Gasteiger partial charge on any atom is -0.496 e. The molecule has 12 rings (SSSR count). The lowest BCUT2D eigenvalue weighted by Gasteiger charge is -2.69. The molecule has 0 radical (unpaired) electrons. The highest BCUT2D eigenvalue weighted by Crippen LogP contribution is 2.72. The number of aliphatic hydroxyl groups excluding tert-OH is 3. The van der Waals surface area contributed by atoms with Crippen molar-refractivity contribution in [3.63, 3.8) is 0 Å². The summed E-state index contributed by atoms with van der Waals surface area (Å²) in [6.45, 7) is 8.12. The number of carboxylic acid groups (broad SMARTS) is 2. The van der Waals surface area contributed by atoms with Gasteiger partial charge in [0.25, 0.3) is 16.0 Å². The molecule has 0 spiro atoms. The summed E-state index contributed by atoms with van der Waals surface area (Å²) in [7, 11) is -1.47. The van der Waals surface area contributed by atoms with Crippen LogP contribution in [0.15, 0.2) is 79.0 Å². The molecule has 1 saturated heterocycles. The summed E-state index contributed by atoms with van der Waals surface area (Å²) in [5.74, 6) is -5.04. The topological polar surface area (TPSA) is 426 Å². The number of carbonyl (C=O) groups excluding carboxylic acids is 4. The minimum atomic E-state index is -4.58. The number of aromatic nitrogens is 4. The lowest BCUT2D eigenvalue weighted by atomic mass is 9.39. The minimum absolute atomic E-state index is 0.0663. The molecule has 8 atom stereocenters. The van der Waals surface area contributed by atoms with Crippen molar-refractivity contribution < 1.29 is 95.7 Å². The third-order valence-corrected chi connectivity index (χ3v) is 20.9. The van der Waals surface area contributed by atoms with Gasteiger partial charge in [-0.1, -0.05) is 49.5 Å². The van der Waals surface area contributed by atoms with Gasteiger partial charge in [-0.25, -0.2) is 24.4 Å². The van der Waals surface area contributed by atoms with Crippen LogP contribution >= 0.6 is 11.3 Å². The third kappa shape index (κ3) is 16.2. The van der Waals surface area contributed by atoms with E-state index in [1.807, 2.05) is 46.8 Å². The molecule has 11 N–H and O–H groups in total. The van der Waals surface area contributed by atoms with Crippen LogP contribution in [0, 0.1) is 23.2 Å². The second-order valence-corrected chi connectivity index (χ2v) is 29.8. The smallest absolute Gasteiger partial charge is 0.410 e. The molecule has 4 amide bonds. The fraction of sp³-hybridized carbons (Fsp3) is 0.485. The number of para-hydroxylation sites is 1. The average molecular weight is 1420 g/mol. The Kier molecular flexibility index (Phi) is 21.4. The van der Waals surface area contributed by atoms with E-state index in [9.17, 15) is 62.7 Å². The molecule has 5 heterocycles. The number of pyridine rings is 1. The summed E-state index contributed by atoms with van der Waals surface area (Å²) in [6, 6.07) is 17.4. The van der Waals surface area contributed by atoms with E-state index in [2.05, 4.69) is 34.8 Å². The second kappa shape index (κ2) is 29.5. The Balaban J connectivity index is 0.735. The van der Waals surface area contributed by atoms with Gasteiger partial charge >= 0.3 is 18.0 Å². The predicted molar refractivity (Wildman–Crippen MR) is 363 cm³/mol. The normalized spacial score (nSPS) is 24.9. The summed E-state index contributed by atoms with van der Waals surface area (Å²) in [5.41, 5.74) is 9.58. The molecule has 2 aliphatic heterocycles. The Bertz CT molecular complexity index is 4210. The van der Waals surface area contributed by atoms with Gasteiger partial charge in [-0.15, -0.1) is 0 Å². The maximum Gasteiger partial charge on any atom is 0.410 e. The Morgan fingerprint density at radius 1 is 0.870 bits per heavy atom. The number of nitrogens with one attached hydrogen (secondary N) is 3. The number of aliphatic carboxylic acids is 1. The Hall–Kier alpha value is -8.70. The monoisotopic (exact) mass is 1420 g/mol. The van der Waals surface area contributed by atoms with Crippen molar-refractivity contribution in [1.82, 2.24) is 30.0 Å². The third-order valence-electron chi connectivity index (χ3n) is 19.2. The van der Waals surface area contributed by atoms with Crippen LogP contribution in [0.2, 0.25) is 0 Å². The van der Waals surface area contributed by atoms with Crippen LogP contribution in [0.1, 0.15) is 102 Å². The maximum atomic E-state index is 14.0. The van der Waals surface area contributed by atoms with E-state index < -0.39 is 94.5 Å². The van der Waals surface area contributed by atoms with Crippen molar-refractivity contribution in [2.24, 2.45) is 22.0 Å². The predicted octanol–water partition coefficient (Wildman–Crippen LogP) is 5.25. The number of ether oxygens (including phenoxy) is 6. The number of fused-ring (bicyclic) bond motifs is 2. The highest BCUT2D eigenvalue weighted by molar-refractivity contribution is 7.85. The molecule has 6 aliphatic rings. The summed E-state index contributed by atoms with van der Waals surface area (Å²) >= 11 is 1.38. The molecule has 536 valence electrons. The first-order chi connectivity index (χ1) is 47.5. The summed E-state index contributed by atoms with van der Waals surface area (Å²) in [4.78, 5) is 91.3. The quantitative estimate of drug-likeness (QED) is 0.0280. The van der Waals surface area contributed by atoms with Crippen molar-refractivity contribution in [1.29, 1.82) is 0 Å². The van der Waals surface area contributed by atoms with Gasteiger partial charge in [0.2, 0.25) is 18.1 Å². The molecule has 4 saturated carbocycles. The van der Waals surface area contributed by atoms with Crippen LogP contribution < -0.4 is 36.1 Å². The van der Waals surface area contributed by atoms with Crippen molar-refractivity contribution in [3.8, 4) is 22.6 Å². The second-order valence-electron chi connectivity index (χ2n) is 27.3. The number of thiazole rings is 1. The molecule has 3 aromatic heterocycles. The zero-order valence-corrected chi connectivity index (χ0v) is 57.4. The number of carboxylic acids is 2. The number of carbonyl (C=O) groups is 6. The van der Waals surface area contributed by atoms with Crippen molar-refractivity contribution in [3.05, 3.63) is 113 Å². The van der Waals surface area contributed by atoms with E-state index in [0.29, 0.717) is 58.5 Å². The van der Waals surface area contributed by atoms with Gasteiger partial charge < -0.3 is 80.1 Å². The average Bonchev–Trinajstić information content (AvgIpc) is 0.774. The van der Waals surface area contributed by atoms with Crippen LogP contribution in [0.25, 0.3) is 27.4 Å². The maximum absolute atomic E-state index is 14.0. The van der Waals surface area contributed by atoms with E-state index in [4.69, 9.17) is 48.8 Å². The number of aliphatic hydroxyl groups is 3. The number of anilines is 3. The van der Waals surface area contributed by atoms with Crippen molar-refractivity contribution in [2.75, 3.05) is 81.5 Å².